The molecule has 0 heterocycles. The van der Waals surface area contributed by atoms with Crippen LogP contribution in [0.5, 0.6) is 5.75 Å². The molecule has 134 valence electrons. The second kappa shape index (κ2) is 6.03. The van der Waals surface area contributed by atoms with E-state index >= 15 is 0 Å². The van der Waals surface area contributed by atoms with E-state index < -0.39 is 11.5 Å². The van der Waals surface area contributed by atoms with Crippen LogP contribution in [0.1, 0.15) is 69.6 Å². The zero-order chi connectivity index (χ0) is 17.7. The van der Waals surface area contributed by atoms with Gasteiger partial charge in [0.2, 0.25) is 0 Å². The first-order valence-corrected chi connectivity index (χ1v) is 9.28. The van der Waals surface area contributed by atoms with Gasteiger partial charge in [0, 0.05) is 5.41 Å². The Kier molecular flexibility index (Phi) is 4.46. The van der Waals surface area contributed by atoms with Gasteiger partial charge in [-0.05, 0) is 65.7 Å². The Labute approximate surface area is 146 Å². The summed E-state index contributed by atoms with van der Waals surface area (Å²) >= 11 is 0. The van der Waals surface area contributed by atoms with Crippen molar-refractivity contribution in [2.24, 2.45) is 11.3 Å². The lowest BCUT2D eigenvalue weighted by Crippen LogP contribution is -2.59. The van der Waals surface area contributed by atoms with Crippen LogP contribution in [-0.4, -0.2) is 30.0 Å². The summed E-state index contributed by atoms with van der Waals surface area (Å²) in [5, 5.41) is 21.4. The first-order chi connectivity index (χ1) is 11.3. The second-order valence-electron chi connectivity index (χ2n) is 8.74. The molecule has 24 heavy (non-hydrogen) atoms. The van der Waals surface area contributed by atoms with Gasteiger partial charge in [0.1, 0.15) is 5.75 Å². The number of benzene rings is 1. The van der Waals surface area contributed by atoms with Crippen LogP contribution in [0.15, 0.2) is 12.1 Å². The Morgan fingerprint density at radius 3 is 2.54 bits per heavy atom. The van der Waals surface area contributed by atoms with E-state index in [0.29, 0.717) is 11.8 Å². The topological polar surface area (TPSA) is 49.7 Å². The van der Waals surface area contributed by atoms with E-state index in [-0.39, 0.29) is 12.0 Å². The molecule has 2 N–H and O–H groups in total. The lowest BCUT2D eigenvalue weighted by atomic mass is 9.48. The van der Waals surface area contributed by atoms with E-state index in [0.717, 1.165) is 37.0 Å². The molecule has 0 radical (unpaired) electrons. The monoisotopic (exact) mass is 332 g/mol. The quantitative estimate of drug-likeness (QED) is 0.885. The summed E-state index contributed by atoms with van der Waals surface area (Å²) in [6.45, 7) is 8.93. The maximum absolute atomic E-state index is 11.0. The molecule has 3 heteroatoms. The van der Waals surface area contributed by atoms with Gasteiger partial charge in [0.05, 0.1) is 19.8 Å². The molecule has 3 nitrogen and oxygen atoms in total. The Bertz CT molecular complexity index is 620. The Hall–Kier alpha value is -1.06. The van der Waals surface area contributed by atoms with Crippen molar-refractivity contribution in [3.63, 3.8) is 0 Å². The summed E-state index contributed by atoms with van der Waals surface area (Å²) in [5.74, 6) is 1.56. The molecule has 0 aliphatic heterocycles. The highest BCUT2D eigenvalue weighted by Crippen LogP contribution is 2.57. The highest BCUT2D eigenvalue weighted by atomic mass is 16.5. The van der Waals surface area contributed by atoms with Crippen molar-refractivity contribution in [3.05, 3.63) is 28.8 Å². The van der Waals surface area contributed by atoms with E-state index in [9.17, 15) is 10.2 Å². The molecule has 0 bridgehead atoms. The minimum absolute atomic E-state index is 0.000553. The number of ether oxygens (including phenoxy) is 1. The fourth-order valence-corrected chi connectivity index (χ4v) is 5.40. The number of hydrogen-bond acceptors (Lipinski definition) is 3. The Balaban J connectivity index is 2.23. The summed E-state index contributed by atoms with van der Waals surface area (Å²) < 4.78 is 5.67. The summed E-state index contributed by atoms with van der Waals surface area (Å²) in [4.78, 5) is 0. The lowest BCUT2D eigenvalue weighted by molar-refractivity contribution is -0.0908. The van der Waals surface area contributed by atoms with Gasteiger partial charge in [-0.15, -0.1) is 0 Å². The first kappa shape index (κ1) is 17.8. The molecular formula is C21H32O3. The summed E-state index contributed by atoms with van der Waals surface area (Å²) in [6, 6.07) is 4.36. The second-order valence-corrected chi connectivity index (χ2v) is 8.74. The first-order valence-electron chi connectivity index (χ1n) is 9.28. The van der Waals surface area contributed by atoms with Crippen molar-refractivity contribution < 1.29 is 14.9 Å². The molecule has 1 aromatic rings. The zero-order valence-corrected chi connectivity index (χ0v) is 15.7. The van der Waals surface area contributed by atoms with Crippen molar-refractivity contribution in [3.8, 4) is 5.75 Å². The summed E-state index contributed by atoms with van der Waals surface area (Å²) in [7, 11) is 1.71. The molecule has 1 saturated carbocycles. The molecule has 1 fully saturated rings. The summed E-state index contributed by atoms with van der Waals surface area (Å²) in [6.07, 6.45) is 3.31. The minimum Gasteiger partial charge on any atom is -0.496 e. The number of rotatable bonds is 3. The van der Waals surface area contributed by atoms with Crippen LogP contribution in [0.25, 0.3) is 0 Å². The van der Waals surface area contributed by atoms with Crippen molar-refractivity contribution in [2.75, 3.05) is 13.7 Å². The van der Waals surface area contributed by atoms with E-state index in [4.69, 9.17) is 4.74 Å². The smallest absolute Gasteiger partial charge is 0.122 e. The SMILES string of the molecule is COc1cc2c(cc1C(C)C)CC[C@H]1C(C)(C)CCC(O)[C@]21CO. The highest BCUT2D eigenvalue weighted by Gasteiger charge is 2.57. The molecule has 1 aromatic carbocycles. The maximum Gasteiger partial charge on any atom is 0.122 e. The molecule has 2 aliphatic rings. The summed E-state index contributed by atoms with van der Waals surface area (Å²) in [5.41, 5.74) is 3.18. The average Bonchev–Trinajstić information content (AvgIpc) is 2.56. The molecule has 0 amide bonds. The molecule has 0 spiro atoms. The van der Waals surface area contributed by atoms with Gasteiger partial charge in [-0.25, -0.2) is 0 Å². The van der Waals surface area contributed by atoms with Crippen molar-refractivity contribution in [2.45, 2.75) is 70.8 Å². The third-order valence-electron chi connectivity index (χ3n) is 6.76. The predicted molar refractivity (Wildman–Crippen MR) is 96.7 cm³/mol. The molecule has 2 aliphatic carbocycles. The van der Waals surface area contributed by atoms with Crippen LogP contribution >= 0.6 is 0 Å². The van der Waals surface area contributed by atoms with Crippen molar-refractivity contribution >= 4 is 0 Å². The zero-order valence-electron chi connectivity index (χ0n) is 15.7. The van der Waals surface area contributed by atoms with Crippen LogP contribution in [0.2, 0.25) is 0 Å². The van der Waals surface area contributed by atoms with Gasteiger partial charge in [0.15, 0.2) is 0 Å². The lowest BCUT2D eigenvalue weighted by Gasteiger charge is -2.57. The molecule has 3 atom stereocenters. The van der Waals surface area contributed by atoms with Crippen LogP contribution < -0.4 is 4.74 Å². The van der Waals surface area contributed by atoms with E-state index in [1.165, 1.54) is 11.1 Å². The highest BCUT2D eigenvalue weighted by molar-refractivity contribution is 5.50. The van der Waals surface area contributed by atoms with Gasteiger partial charge >= 0.3 is 0 Å². The standard InChI is InChI=1S/C21H32O3/c1-13(2)15-10-14-6-7-18-20(3,4)9-8-19(23)21(18,12-22)16(14)11-17(15)24-5/h10-11,13,18-19,22-23H,6-9,12H2,1-5H3/t18-,19?,21+/m0/s1. The number of aliphatic hydroxyl groups is 2. The minimum atomic E-state index is -0.557. The van der Waals surface area contributed by atoms with Crippen LogP contribution in [0.4, 0.5) is 0 Å². The van der Waals surface area contributed by atoms with E-state index in [1.807, 2.05) is 0 Å². The van der Waals surface area contributed by atoms with Gasteiger partial charge in [-0.2, -0.15) is 0 Å². The molecule has 3 rings (SSSR count). The van der Waals surface area contributed by atoms with Crippen LogP contribution in [0.3, 0.4) is 0 Å². The van der Waals surface area contributed by atoms with Crippen LogP contribution in [-0.2, 0) is 11.8 Å². The predicted octanol–water partition coefficient (Wildman–Crippen LogP) is 3.79. The van der Waals surface area contributed by atoms with E-state index in [1.54, 1.807) is 7.11 Å². The van der Waals surface area contributed by atoms with Gasteiger partial charge in [0.25, 0.3) is 0 Å². The number of fused-ring (bicyclic) bond motifs is 3. The fraction of sp³-hybridized carbons (Fsp3) is 0.714. The average molecular weight is 332 g/mol. The molecule has 0 aromatic heterocycles. The molecular weight excluding hydrogens is 300 g/mol. The number of hydrogen-bond donors (Lipinski definition) is 2. The fourth-order valence-electron chi connectivity index (χ4n) is 5.40. The third kappa shape index (κ3) is 2.40. The van der Waals surface area contributed by atoms with Crippen LogP contribution in [0, 0.1) is 11.3 Å². The largest absolute Gasteiger partial charge is 0.496 e. The number of aryl methyl sites for hydroxylation is 1. The van der Waals surface area contributed by atoms with Crippen molar-refractivity contribution in [1.29, 1.82) is 0 Å². The number of aliphatic hydroxyl groups excluding tert-OH is 2. The Morgan fingerprint density at radius 1 is 1.25 bits per heavy atom. The Morgan fingerprint density at radius 2 is 1.96 bits per heavy atom. The van der Waals surface area contributed by atoms with Gasteiger partial charge in [-0.1, -0.05) is 33.8 Å². The number of methoxy groups -OCH3 is 1. The molecule has 0 saturated heterocycles. The molecule has 1 unspecified atom stereocenters. The van der Waals surface area contributed by atoms with Crippen molar-refractivity contribution in [1.82, 2.24) is 0 Å². The normalized spacial score (nSPS) is 31.5. The van der Waals surface area contributed by atoms with E-state index in [2.05, 4.69) is 39.8 Å². The van der Waals surface area contributed by atoms with Gasteiger partial charge in [-0.3, -0.25) is 0 Å². The van der Waals surface area contributed by atoms with Gasteiger partial charge < -0.3 is 14.9 Å². The maximum atomic E-state index is 11.0. The third-order valence-corrected chi connectivity index (χ3v) is 6.76.